The molecular formula is C25H25N5O2S2. The van der Waals surface area contributed by atoms with Crippen LogP contribution in [0.5, 0.6) is 11.5 Å². The minimum atomic E-state index is -0.354. The van der Waals surface area contributed by atoms with Gasteiger partial charge in [0.25, 0.3) is 0 Å². The lowest BCUT2D eigenvalue weighted by atomic mass is 10.2. The molecule has 0 bridgehead atoms. The molecule has 1 atom stereocenters. The molecule has 7 nitrogen and oxygen atoms in total. The van der Waals surface area contributed by atoms with Crippen molar-refractivity contribution in [3.05, 3.63) is 93.3 Å². The number of rotatable bonds is 10. The lowest BCUT2D eigenvalue weighted by Crippen LogP contribution is -2.32. The second kappa shape index (κ2) is 11.5. The fourth-order valence-corrected chi connectivity index (χ4v) is 4.36. The van der Waals surface area contributed by atoms with Crippen LogP contribution >= 0.6 is 22.7 Å². The average molecular weight is 492 g/mol. The summed E-state index contributed by atoms with van der Waals surface area (Å²) in [6, 6.07) is 22.5. The number of benzene rings is 2. The molecule has 6 N–H and O–H groups in total. The van der Waals surface area contributed by atoms with Crippen LogP contribution in [-0.2, 0) is 0 Å². The van der Waals surface area contributed by atoms with Crippen LogP contribution in [0.2, 0.25) is 0 Å². The topological polar surface area (TPSA) is 116 Å². The molecule has 0 unspecified atom stereocenters. The van der Waals surface area contributed by atoms with Crippen LogP contribution in [0.25, 0.3) is 0 Å². The molecule has 0 fully saturated rings. The first kappa shape index (κ1) is 23.5. The molecule has 0 amide bonds. The summed E-state index contributed by atoms with van der Waals surface area (Å²) in [5.41, 5.74) is 7.46. The van der Waals surface area contributed by atoms with E-state index in [1.54, 1.807) is 0 Å². The van der Waals surface area contributed by atoms with E-state index in [1.807, 2.05) is 83.6 Å². The van der Waals surface area contributed by atoms with Gasteiger partial charge in [-0.2, -0.15) is 0 Å². The van der Waals surface area contributed by atoms with Gasteiger partial charge in [0.1, 0.15) is 35.9 Å². The van der Waals surface area contributed by atoms with Crippen molar-refractivity contribution in [3.8, 4) is 11.5 Å². The maximum Gasteiger partial charge on any atom is 0.145 e. The quantitative estimate of drug-likeness (QED) is 0.149. The Morgan fingerprint density at radius 2 is 1.35 bits per heavy atom. The van der Waals surface area contributed by atoms with Crippen LogP contribution in [-0.4, -0.2) is 30.9 Å². The van der Waals surface area contributed by atoms with E-state index in [1.165, 1.54) is 22.7 Å². The molecule has 0 saturated carbocycles. The summed E-state index contributed by atoms with van der Waals surface area (Å²) < 4.78 is 12.0. The van der Waals surface area contributed by atoms with Gasteiger partial charge in [-0.25, -0.2) is 0 Å². The molecule has 0 aliphatic rings. The lowest BCUT2D eigenvalue weighted by Gasteiger charge is -2.19. The number of ether oxygens (including phenoxy) is 2. The van der Waals surface area contributed by atoms with Crippen LogP contribution in [0.15, 0.2) is 83.6 Å². The summed E-state index contributed by atoms with van der Waals surface area (Å²) in [6.45, 7) is 0.550. The smallest absolute Gasteiger partial charge is 0.145 e. The van der Waals surface area contributed by atoms with Crippen LogP contribution in [0.4, 0.5) is 11.4 Å². The fourth-order valence-electron chi connectivity index (χ4n) is 3.10. The van der Waals surface area contributed by atoms with Crippen molar-refractivity contribution in [2.45, 2.75) is 6.10 Å². The Kier molecular flexibility index (Phi) is 7.92. The molecule has 0 aliphatic carbocycles. The first-order valence-electron chi connectivity index (χ1n) is 10.6. The van der Waals surface area contributed by atoms with Crippen LogP contribution in [0.3, 0.4) is 0 Å². The second-order valence-electron chi connectivity index (χ2n) is 7.30. The van der Waals surface area contributed by atoms with Gasteiger partial charge in [-0.1, -0.05) is 24.3 Å². The Hall–Kier alpha value is -3.66. The summed E-state index contributed by atoms with van der Waals surface area (Å²) in [5, 5.41) is 26.4. The number of nitrogens with two attached hydrogens (primary N) is 1. The van der Waals surface area contributed by atoms with Gasteiger partial charge in [0.05, 0.1) is 9.75 Å². The van der Waals surface area contributed by atoms with E-state index >= 15 is 0 Å². The van der Waals surface area contributed by atoms with E-state index < -0.39 is 0 Å². The summed E-state index contributed by atoms with van der Waals surface area (Å²) in [7, 11) is 0. The van der Waals surface area contributed by atoms with Gasteiger partial charge in [-0.15, -0.1) is 22.7 Å². The van der Waals surface area contributed by atoms with E-state index in [4.69, 9.17) is 26.0 Å². The van der Waals surface area contributed by atoms with Crippen molar-refractivity contribution in [1.29, 1.82) is 10.8 Å². The molecule has 0 spiro atoms. The van der Waals surface area contributed by atoms with Gasteiger partial charge >= 0.3 is 0 Å². The van der Waals surface area contributed by atoms with Crippen molar-refractivity contribution < 1.29 is 9.47 Å². The van der Waals surface area contributed by atoms with Crippen LogP contribution < -0.4 is 25.8 Å². The minimum absolute atomic E-state index is 0.269. The average Bonchev–Trinajstić information content (AvgIpc) is 3.57. The maximum absolute atomic E-state index is 8.19. The standard InChI is InChI=1S/C25H25N5O2S2/c26-15-21(32-20-8-2-6-18(14-20)30-25(28)23-10-4-12-34-23)16-31-19-7-1-5-17(13-19)29-24(27)22-9-3-11-33-22/h1-14,21H,15-16,26H2,(H2,27,29)(H2,28,30)/t21-/m1/s1. The van der Waals surface area contributed by atoms with Gasteiger partial charge in [0.15, 0.2) is 0 Å². The van der Waals surface area contributed by atoms with Crippen LogP contribution in [0, 0.1) is 10.8 Å². The van der Waals surface area contributed by atoms with Gasteiger partial charge in [-0.05, 0) is 47.2 Å². The van der Waals surface area contributed by atoms with E-state index in [2.05, 4.69) is 10.6 Å². The number of thiophene rings is 2. The zero-order chi connectivity index (χ0) is 23.8. The van der Waals surface area contributed by atoms with Crippen molar-refractivity contribution in [3.63, 3.8) is 0 Å². The first-order chi connectivity index (χ1) is 16.6. The van der Waals surface area contributed by atoms with Gasteiger partial charge in [0, 0.05) is 30.1 Å². The second-order valence-corrected chi connectivity index (χ2v) is 9.19. The molecule has 34 heavy (non-hydrogen) atoms. The molecule has 174 valence electrons. The zero-order valence-electron chi connectivity index (χ0n) is 18.3. The van der Waals surface area contributed by atoms with E-state index in [-0.39, 0.29) is 19.3 Å². The Morgan fingerprint density at radius 1 is 0.794 bits per heavy atom. The Balaban J connectivity index is 1.32. The number of amidine groups is 2. The molecule has 0 saturated heterocycles. The lowest BCUT2D eigenvalue weighted by molar-refractivity contribution is 0.135. The van der Waals surface area contributed by atoms with Crippen molar-refractivity contribution >= 4 is 45.7 Å². The molecule has 2 aromatic carbocycles. The summed E-state index contributed by atoms with van der Waals surface area (Å²) in [6.07, 6.45) is -0.354. The number of hydrogen-bond acceptors (Lipinski definition) is 7. The highest BCUT2D eigenvalue weighted by atomic mass is 32.1. The summed E-state index contributed by atoms with van der Waals surface area (Å²) >= 11 is 3.02. The van der Waals surface area contributed by atoms with Gasteiger partial charge < -0.3 is 25.8 Å². The Morgan fingerprint density at radius 3 is 1.88 bits per heavy atom. The Labute approximate surface area is 206 Å². The molecule has 0 aliphatic heterocycles. The summed E-state index contributed by atoms with van der Waals surface area (Å²) in [4.78, 5) is 1.73. The monoisotopic (exact) mass is 491 g/mol. The first-order valence-corrected chi connectivity index (χ1v) is 12.3. The highest BCUT2D eigenvalue weighted by Crippen LogP contribution is 2.22. The minimum Gasteiger partial charge on any atom is -0.490 e. The van der Waals surface area contributed by atoms with Gasteiger partial charge in [-0.3, -0.25) is 10.8 Å². The Bertz CT molecular complexity index is 1230. The zero-order valence-corrected chi connectivity index (χ0v) is 19.9. The van der Waals surface area contributed by atoms with Crippen molar-refractivity contribution in [2.24, 2.45) is 5.73 Å². The number of hydrogen-bond donors (Lipinski definition) is 5. The highest BCUT2D eigenvalue weighted by Gasteiger charge is 2.12. The molecule has 2 heterocycles. The van der Waals surface area contributed by atoms with E-state index in [9.17, 15) is 0 Å². The molecule has 4 rings (SSSR count). The predicted molar refractivity (Wildman–Crippen MR) is 141 cm³/mol. The maximum atomic E-state index is 8.19. The van der Waals surface area contributed by atoms with Gasteiger partial charge in [0.2, 0.25) is 0 Å². The van der Waals surface area contributed by atoms with E-state index in [0.717, 1.165) is 21.1 Å². The summed E-state index contributed by atoms with van der Waals surface area (Å²) in [5.74, 6) is 1.98. The predicted octanol–water partition coefficient (Wildman–Crippen LogP) is 5.47. The third-order valence-electron chi connectivity index (χ3n) is 4.74. The SMILES string of the molecule is N=C(Nc1cccc(OC[C@@H](CN)Oc2cccc(NC(=N)c3cccs3)c2)c1)c1cccs1. The third-order valence-corrected chi connectivity index (χ3v) is 6.52. The number of anilines is 2. The highest BCUT2D eigenvalue weighted by molar-refractivity contribution is 7.12. The largest absolute Gasteiger partial charge is 0.490 e. The molecular weight excluding hydrogens is 466 g/mol. The third kappa shape index (κ3) is 6.44. The van der Waals surface area contributed by atoms with Crippen molar-refractivity contribution in [2.75, 3.05) is 23.8 Å². The molecule has 2 aromatic heterocycles. The normalized spacial score (nSPS) is 11.4. The van der Waals surface area contributed by atoms with Crippen molar-refractivity contribution in [1.82, 2.24) is 0 Å². The number of nitrogens with one attached hydrogen (secondary N) is 4. The fraction of sp³-hybridized carbons (Fsp3) is 0.120. The molecule has 4 aromatic rings. The van der Waals surface area contributed by atoms with Crippen LogP contribution in [0.1, 0.15) is 9.75 Å². The van der Waals surface area contributed by atoms with E-state index in [0.29, 0.717) is 23.2 Å². The molecule has 0 radical (unpaired) electrons. The molecule has 9 heteroatoms.